The van der Waals surface area contributed by atoms with Gasteiger partial charge >= 0.3 is 0 Å². The molecule has 3 heteroatoms. The second-order valence-corrected chi connectivity index (χ2v) is 5.49. The maximum absolute atomic E-state index is 12.3. The van der Waals surface area contributed by atoms with Crippen molar-refractivity contribution in [2.75, 3.05) is 0 Å². The van der Waals surface area contributed by atoms with Crippen LogP contribution in [0.3, 0.4) is 0 Å². The van der Waals surface area contributed by atoms with Gasteiger partial charge in [-0.2, -0.15) is 0 Å². The van der Waals surface area contributed by atoms with Crippen molar-refractivity contribution in [3.05, 3.63) is 35.9 Å². The summed E-state index contributed by atoms with van der Waals surface area (Å²) >= 11 is 0. The lowest BCUT2D eigenvalue weighted by molar-refractivity contribution is -0.126. The molecule has 104 valence electrons. The average molecular weight is 260 g/mol. The molecule has 3 N–H and O–H groups in total. The van der Waals surface area contributed by atoms with Gasteiger partial charge in [-0.1, -0.05) is 37.3 Å². The molecule has 1 aromatic rings. The van der Waals surface area contributed by atoms with Gasteiger partial charge in [-0.3, -0.25) is 4.79 Å². The Morgan fingerprint density at radius 2 is 1.89 bits per heavy atom. The number of carbonyl (C=O) groups excluding carboxylic acids is 1. The Morgan fingerprint density at radius 3 is 2.47 bits per heavy atom. The number of hydrogen-bond donors (Lipinski definition) is 2. The van der Waals surface area contributed by atoms with Crippen LogP contribution in [0.25, 0.3) is 0 Å². The number of hydrogen-bond acceptors (Lipinski definition) is 2. The Hall–Kier alpha value is -1.35. The zero-order valence-electron chi connectivity index (χ0n) is 11.6. The van der Waals surface area contributed by atoms with E-state index < -0.39 is 0 Å². The molecule has 3 nitrogen and oxygen atoms in total. The van der Waals surface area contributed by atoms with Crippen LogP contribution in [0.2, 0.25) is 0 Å². The Labute approximate surface area is 115 Å². The van der Waals surface area contributed by atoms with Gasteiger partial charge in [-0.05, 0) is 37.7 Å². The highest BCUT2D eigenvalue weighted by Crippen LogP contribution is 2.25. The quantitative estimate of drug-likeness (QED) is 0.874. The molecule has 2 rings (SSSR count). The number of benzene rings is 1. The summed E-state index contributed by atoms with van der Waals surface area (Å²) in [6.07, 6.45) is 4.72. The minimum absolute atomic E-state index is 0.129. The van der Waals surface area contributed by atoms with E-state index in [0.717, 1.165) is 32.1 Å². The zero-order valence-corrected chi connectivity index (χ0v) is 11.6. The lowest BCUT2D eigenvalue weighted by Gasteiger charge is -2.27. The monoisotopic (exact) mass is 260 g/mol. The number of amides is 1. The summed E-state index contributed by atoms with van der Waals surface area (Å²) in [4.78, 5) is 12.3. The molecule has 1 atom stereocenters. The summed E-state index contributed by atoms with van der Waals surface area (Å²) in [5, 5.41) is 3.19. The molecule has 0 saturated heterocycles. The third kappa shape index (κ3) is 3.80. The molecule has 1 unspecified atom stereocenters. The van der Waals surface area contributed by atoms with Crippen molar-refractivity contribution in [2.24, 2.45) is 11.7 Å². The van der Waals surface area contributed by atoms with Gasteiger partial charge < -0.3 is 11.1 Å². The molecule has 19 heavy (non-hydrogen) atoms. The van der Waals surface area contributed by atoms with Gasteiger partial charge in [-0.25, -0.2) is 0 Å². The van der Waals surface area contributed by atoms with Gasteiger partial charge in [0.05, 0.1) is 6.04 Å². The number of rotatable bonds is 4. The van der Waals surface area contributed by atoms with Crippen LogP contribution >= 0.6 is 0 Å². The van der Waals surface area contributed by atoms with Gasteiger partial charge in [0.25, 0.3) is 0 Å². The van der Waals surface area contributed by atoms with Crippen LogP contribution in [0.1, 0.15) is 50.6 Å². The van der Waals surface area contributed by atoms with Gasteiger partial charge in [0.1, 0.15) is 0 Å². The fourth-order valence-corrected chi connectivity index (χ4v) is 2.78. The molecule has 0 aromatic heterocycles. The third-order valence-corrected chi connectivity index (χ3v) is 4.07. The van der Waals surface area contributed by atoms with E-state index in [0.29, 0.717) is 6.04 Å². The van der Waals surface area contributed by atoms with Crippen LogP contribution in [-0.4, -0.2) is 11.9 Å². The second kappa shape index (κ2) is 6.71. The molecular weight excluding hydrogens is 236 g/mol. The lowest BCUT2D eigenvalue weighted by atomic mass is 9.85. The van der Waals surface area contributed by atoms with Crippen molar-refractivity contribution in [2.45, 2.75) is 51.1 Å². The zero-order chi connectivity index (χ0) is 13.7. The lowest BCUT2D eigenvalue weighted by Crippen LogP contribution is -2.37. The molecular formula is C16H24N2O. The van der Waals surface area contributed by atoms with Gasteiger partial charge in [0.2, 0.25) is 5.91 Å². The molecule has 1 amide bonds. The van der Waals surface area contributed by atoms with E-state index >= 15 is 0 Å². The molecule has 0 aliphatic heterocycles. The van der Waals surface area contributed by atoms with Crippen LogP contribution < -0.4 is 11.1 Å². The predicted molar refractivity (Wildman–Crippen MR) is 77.6 cm³/mol. The highest BCUT2D eigenvalue weighted by molar-refractivity contribution is 5.79. The highest BCUT2D eigenvalue weighted by atomic mass is 16.1. The molecule has 0 bridgehead atoms. The first-order chi connectivity index (χ1) is 9.20. The van der Waals surface area contributed by atoms with E-state index in [1.807, 2.05) is 18.2 Å². The van der Waals surface area contributed by atoms with E-state index in [1.165, 1.54) is 5.56 Å². The molecule has 1 aliphatic rings. The highest BCUT2D eigenvalue weighted by Gasteiger charge is 2.25. The average Bonchev–Trinajstić information content (AvgIpc) is 2.46. The Bertz CT molecular complexity index is 396. The van der Waals surface area contributed by atoms with E-state index in [1.54, 1.807) is 0 Å². The van der Waals surface area contributed by atoms with Crippen molar-refractivity contribution in [3.63, 3.8) is 0 Å². The summed E-state index contributed by atoms with van der Waals surface area (Å²) < 4.78 is 0. The first-order valence-corrected chi connectivity index (χ1v) is 7.31. The van der Waals surface area contributed by atoms with Crippen LogP contribution in [0, 0.1) is 5.92 Å². The van der Waals surface area contributed by atoms with Crippen LogP contribution in [-0.2, 0) is 4.79 Å². The summed E-state index contributed by atoms with van der Waals surface area (Å²) in [6.45, 7) is 2.11. The second-order valence-electron chi connectivity index (χ2n) is 5.49. The first-order valence-electron chi connectivity index (χ1n) is 7.31. The molecule has 0 radical (unpaired) electrons. The standard InChI is InChI=1S/C16H24N2O/c1-2-15(12-6-4-3-5-7-12)18-16(19)13-8-10-14(17)11-9-13/h3-7,13-15H,2,8-11,17H2,1H3,(H,18,19). The largest absolute Gasteiger partial charge is 0.349 e. The fourth-order valence-electron chi connectivity index (χ4n) is 2.78. The minimum atomic E-state index is 0.129. The summed E-state index contributed by atoms with van der Waals surface area (Å²) in [7, 11) is 0. The van der Waals surface area contributed by atoms with Gasteiger partial charge in [0.15, 0.2) is 0 Å². The third-order valence-electron chi connectivity index (χ3n) is 4.07. The first kappa shape index (κ1) is 14.1. The smallest absolute Gasteiger partial charge is 0.223 e. The van der Waals surface area contributed by atoms with Crippen LogP contribution in [0.15, 0.2) is 30.3 Å². The predicted octanol–water partition coefficient (Wildman–Crippen LogP) is 2.77. The normalized spacial score (nSPS) is 24.7. The Kier molecular flexibility index (Phi) is 4.97. The Morgan fingerprint density at radius 1 is 1.26 bits per heavy atom. The maximum atomic E-state index is 12.3. The Balaban J connectivity index is 1.93. The summed E-state index contributed by atoms with van der Waals surface area (Å²) in [6, 6.07) is 10.6. The number of carbonyl (C=O) groups is 1. The fraction of sp³-hybridized carbons (Fsp3) is 0.562. The molecule has 1 aliphatic carbocycles. The van der Waals surface area contributed by atoms with Crippen molar-refractivity contribution in [3.8, 4) is 0 Å². The van der Waals surface area contributed by atoms with E-state index in [-0.39, 0.29) is 17.9 Å². The van der Waals surface area contributed by atoms with Crippen LogP contribution in [0.5, 0.6) is 0 Å². The van der Waals surface area contributed by atoms with E-state index in [4.69, 9.17) is 5.73 Å². The number of nitrogens with two attached hydrogens (primary N) is 1. The summed E-state index contributed by atoms with van der Waals surface area (Å²) in [5.41, 5.74) is 7.07. The van der Waals surface area contributed by atoms with E-state index in [9.17, 15) is 4.79 Å². The van der Waals surface area contributed by atoms with Gasteiger partial charge in [0, 0.05) is 12.0 Å². The molecule has 0 spiro atoms. The molecule has 1 saturated carbocycles. The minimum Gasteiger partial charge on any atom is -0.349 e. The number of nitrogens with one attached hydrogen (secondary N) is 1. The van der Waals surface area contributed by atoms with Crippen LogP contribution in [0.4, 0.5) is 0 Å². The van der Waals surface area contributed by atoms with Crippen molar-refractivity contribution >= 4 is 5.91 Å². The van der Waals surface area contributed by atoms with Crippen molar-refractivity contribution in [1.82, 2.24) is 5.32 Å². The SMILES string of the molecule is CCC(NC(=O)C1CCC(N)CC1)c1ccccc1. The molecule has 1 fully saturated rings. The van der Waals surface area contributed by atoms with Crippen molar-refractivity contribution in [1.29, 1.82) is 0 Å². The topological polar surface area (TPSA) is 55.1 Å². The summed E-state index contributed by atoms with van der Waals surface area (Å²) in [5.74, 6) is 0.347. The maximum Gasteiger partial charge on any atom is 0.223 e. The molecule has 0 heterocycles. The van der Waals surface area contributed by atoms with Gasteiger partial charge in [-0.15, -0.1) is 0 Å². The molecule has 1 aromatic carbocycles. The van der Waals surface area contributed by atoms with E-state index in [2.05, 4.69) is 24.4 Å². The van der Waals surface area contributed by atoms with Crippen molar-refractivity contribution < 1.29 is 4.79 Å².